The second-order valence-corrected chi connectivity index (χ2v) is 7.26. The normalized spacial score (nSPS) is 10.8. The van der Waals surface area contributed by atoms with Gasteiger partial charge >= 0.3 is 0 Å². The molecule has 0 aromatic heterocycles. The molecule has 0 spiro atoms. The highest BCUT2D eigenvalue weighted by molar-refractivity contribution is 7.88. The molecule has 0 radical (unpaired) electrons. The van der Waals surface area contributed by atoms with Crippen LogP contribution in [0.15, 0.2) is 48.5 Å². The van der Waals surface area contributed by atoms with E-state index in [1.807, 2.05) is 43.3 Å². The Bertz CT molecular complexity index is 851. The highest BCUT2D eigenvalue weighted by Gasteiger charge is 2.10. The maximum absolute atomic E-state index is 13.1. The summed E-state index contributed by atoms with van der Waals surface area (Å²) in [5.74, 6) is 4.95. The molecule has 0 unspecified atom stereocenters. The van der Waals surface area contributed by atoms with Crippen molar-refractivity contribution in [3.8, 4) is 11.8 Å². The predicted octanol–water partition coefficient (Wildman–Crippen LogP) is 2.36. The van der Waals surface area contributed by atoms with Gasteiger partial charge in [-0.1, -0.05) is 24.0 Å². The second kappa shape index (κ2) is 7.95. The summed E-state index contributed by atoms with van der Waals surface area (Å²) in [6, 6.07) is 13.2. The molecular weight excluding hydrogens is 327 g/mol. The zero-order valence-electron chi connectivity index (χ0n) is 13.6. The van der Waals surface area contributed by atoms with Crippen LogP contribution in [0.25, 0.3) is 0 Å². The number of hydrogen-bond acceptors (Lipinski definition) is 3. The van der Waals surface area contributed by atoms with Gasteiger partial charge in [0.1, 0.15) is 5.82 Å². The lowest BCUT2D eigenvalue weighted by Gasteiger charge is -2.11. The molecule has 0 bridgehead atoms. The fourth-order valence-electron chi connectivity index (χ4n) is 2.03. The van der Waals surface area contributed by atoms with E-state index in [1.54, 1.807) is 6.07 Å². The molecule has 0 saturated heterocycles. The van der Waals surface area contributed by atoms with E-state index in [2.05, 4.69) is 16.6 Å². The average Bonchev–Trinajstić information content (AvgIpc) is 2.51. The van der Waals surface area contributed by atoms with Crippen LogP contribution in [0.4, 0.5) is 10.1 Å². The third-order valence-electron chi connectivity index (χ3n) is 3.24. The maximum Gasteiger partial charge on any atom is 0.216 e. The predicted molar refractivity (Wildman–Crippen MR) is 94.7 cm³/mol. The number of hydrogen-bond donors (Lipinski definition) is 1. The van der Waals surface area contributed by atoms with E-state index in [1.165, 1.54) is 18.2 Å². The van der Waals surface area contributed by atoms with Gasteiger partial charge in [-0.05, 0) is 42.0 Å². The lowest BCUT2D eigenvalue weighted by molar-refractivity contribution is 0.584. The topological polar surface area (TPSA) is 49.4 Å². The van der Waals surface area contributed by atoms with Gasteiger partial charge < -0.3 is 4.90 Å². The molecule has 0 amide bonds. The third-order valence-corrected chi connectivity index (χ3v) is 4.54. The maximum atomic E-state index is 13.1. The Morgan fingerprint density at radius 3 is 2.46 bits per heavy atom. The molecule has 24 heavy (non-hydrogen) atoms. The molecule has 126 valence electrons. The second-order valence-electron chi connectivity index (χ2n) is 5.45. The Balaban J connectivity index is 1.91. The van der Waals surface area contributed by atoms with Crippen molar-refractivity contribution in [3.63, 3.8) is 0 Å². The smallest absolute Gasteiger partial charge is 0.216 e. The van der Waals surface area contributed by atoms with Crippen LogP contribution in [0.1, 0.15) is 11.1 Å². The highest BCUT2D eigenvalue weighted by atomic mass is 32.2. The van der Waals surface area contributed by atoms with Gasteiger partial charge in [-0.2, -0.15) is 0 Å². The van der Waals surface area contributed by atoms with Gasteiger partial charge in [-0.25, -0.2) is 17.5 Å². The van der Waals surface area contributed by atoms with Gasteiger partial charge in [0.15, 0.2) is 0 Å². The zero-order chi connectivity index (χ0) is 17.6. The number of sulfonamides is 1. The molecule has 0 aliphatic heterocycles. The summed E-state index contributed by atoms with van der Waals surface area (Å²) in [5, 5.41) is 0. The van der Waals surface area contributed by atoms with Crippen LogP contribution in [-0.4, -0.2) is 29.1 Å². The van der Waals surface area contributed by atoms with Crippen LogP contribution >= 0.6 is 0 Å². The molecular formula is C18H19FN2O2S. The highest BCUT2D eigenvalue weighted by Crippen LogP contribution is 2.11. The SMILES string of the molecule is CN(C)c1ccc(C#CCNS(=O)(=O)Cc2cccc(F)c2)cc1. The molecule has 0 aliphatic carbocycles. The molecule has 2 rings (SSSR count). The first-order chi connectivity index (χ1) is 11.4. The zero-order valence-corrected chi connectivity index (χ0v) is 14.4. The Morgan fingerprint density at radius 1 is 1.12 bits per heavy atom. The fraction of sp³-hybridized carbons (Fsp3) is 0.222. The number of rotatable bonds is 5. The van der Waals surface area contributed by atoms with Crippen LogP contribution < -0.4 is 9.62 Å². The summed E-state index contributed by atoms with van der Waals surface area (Å²) in [6.07, 6.45) is 0. The number of nitrogens with one attached hydrogen (secondary N) is 1. The molecule has 6 heteroatoms. The van der Waals surface area contributed by atoms with E-state index < -0.39 is 15.8 Å². The van der Waals surface area contributed by atoms with Crippen LogP contribution in [0, 0.1) is 17.7 Å². The number of halogens is 1. The van der Waals surface area contributed by atoms with E-state index in [4.69, 9.17) is 0 Å². The van der Waals surface area contributed by atoms with Crippen molar-refractivity contribution < 1.29 is 12.8 Å². The van der Waals surface area contributed by atoms with Gasteiger partial charge in [-0.3, -0.25) is 0 Å². The monoisotopic (exact) mass is 346 g/mol. The van der Waals surface area contributed by atoms with Crippen molar-refractivity contribution in [1.82, 2.24) is 4.72 Å². The molecule has 0 atom stereocenters. The van der Waals surface area contributed by atoms with Gasteiger partial charge in [0, 0.05) is 25.3 Å². The van der Waals surface area contributed by atoms with E-state index in [0.29, 0.717) is 5.56 Å². The lowest BCUT2D eigenvalue weighted by Crippen LogP contribution is -2.25. The van der Waals surface area contributed by atoms with Crippen molar-refractivity contribution in [2.24, 2.45) is 0 Å². The quantitative estimate of drug-likeness (QED) is 0.846. The summed E-state index contributed by atoms with van der Waals surface area (Å²) < 4.78 is 39.3. The molecule has 4 nitrogen and oxygen atoms in total. The van der Waals surface area contributed by atoms with Crippen LogP contribution in [0.3, 0.4) is 0 Å². The first-order valence-corrected chi connectivity index (χ1v) is 8.99. The molecule has 0 heterocycles. The summed E-state index contributed by atoms with van der Waals surface area (Å²) in [4.78, 5) is 1.98. The van der Waals surface area contributed by atoms with Gasteiger partial charge in [0.25, 0.3) is 0 Å². The van der Waals surface area contributed by atoms with Crippen molar-refractivity contribution in [2.45, 2.75) is 5.75 Å². The van der Waals surface area contributed by atoms with E-state index in [-0.39, 0.29) is 12.3 Å². The minimum absolute atomic E-state index is 0.00702. The first-order valence-electron chi connectivity index (χ1n) is 7.34. The molecule has 0 saturated carbocycles. The lowest BCUT2D eigenvalue weighted by atomic mass is 10.2. The van der Waals surface area contributed by atoms with E-state index >= 15 is 0 Å². The van der Waals surface area contributed by atoms with E-state index in [9.17, 15) is 12.8 Å². The van der Waals surface area contributed by atoms with Crippen LogP contribution in [0.2, 0.25) is 0 Å². The third kappa shape index (κ3) is 5.69. The standard InChI is InChI=1S/C18H19FN2O2S/c1-21(2)18-10-8-15(9-11-18)6-4-12-20-24(22,23)14-16-5-3-7-17(19)13-16/h3,5,7-11,13,20H,12,14H2,1-2H3. The molecule has 2 aromatic carbocycles. The minimum Gasteiger partial charge on any atom is -0.378 e. The fourth-order valence-corrected chi connectivity index (χ4v) is 3.04. The molecule has 0 fully saturated rings. The van der Waals surface area contributed by atoms with Gasteiger partial charge in [0.05, 0.1) is 12.3 Å². The molecule has 1 N–H and O–H groups in total. The molecule has 2 aromatic rings. The largest absolute Gasteiger partial charge is 0.378 e. The van der Waals surface area contributed by atoms with Crippen LogP contribution in [0.5, 0.6) is 0 Å². The van der Waals surface area contributed by atoms with Gasteiger partial charge in [-0.15, -0.1) is 0 Å². The Morgan fingerprint density at radius 2 is 1.83 bits per heavy atom. The summed E-state index contributed by atoms with van der Waals surface area (Å²) >= 11 is 0. The number of nitrogens with zero attached hydrogens (tertiary/aromatic N) is 1. The first kappa shape index (κ1) is 18.0. The minimum atomic E-state index is -3.55. The Kier molecular flexibility index (Phi) is 5.96. The Hall–Kier alpha value is -2.36. The van der Waals surface area contributed by atoms with Crippen LogP contribution in [-0.2, 0) is 15.8 Å². The summed E-state index contributed by atoms with van der Waals surface area (Å²) in [7, 11) is 0.355. The summed E-state index contributed by atoms with van der Waals surface area (Å²) in [5.41, 5.74) is 2.27. The Labute approximate surface area is 142 Å². The number of anilines is 1. The van der Waals surface area contributed by atoms with Crippen molar-refractivity contribution in [3.05, 3.63) is 65.5 Å². The van der Waals surface area contributed by atoms with Crippen molar-refractivity contribution >= 4 is 15.7 Å². The van der Waals surface area contributed by atoms with Gasteiger partial charge in [0.2, 0.25) is 10.0 Å². The summed E-state index contributed by atoms with van der Waals surface area (Å²) in [6.45, 7) is 0.00702. The average molecular weight is 346 g/mol. The van der Waals surface area contributed by atoms with Crippen molar-refractivity contribution in [2.75, 3.05) is 25.5 Å². The van der Waals surface area contributed by atoms with E-state index in [0.717, 1.165) is 11.3 Å². The molecule has 0 aliphatic rings. The van der Waals surface area contributed by atoms with Crippen molar-refractivity contribution in [1.29, 1.82) is 0 Å². The number of benzene rings is 2.